The number of amides is 1. The van der Waals surface area contributed by atoms with Crippen LogP contribution in [0.1, 0.15) is 20.8 Å². The molecular weight excluding hydrogens is 308 g/mol. The monoisotopic (exact) mass is 316 g/mol. The number of nitrogens with one attached hydrogen (secondary N) is 1. The van der Waals surface area contributed by atoms with Crippen molar-refractivity contribution in [1.82, 2.24) is 0 Å². The number of nitrogens with zero attached hydrogens (tertiary/aromatic N) is 1. The summed E-state index contributed by atoms with van der Waals surface area (Å²) in [7, 11) is 0. The molecule has 0 radical (unpaired) electrons. The van der Waals surface area contributed by atoms with Gasteiger partial charge in [0.2, 0.25) is 0 Å². The first-order chi connectivity index (χ1) is 10.2. The minimum atomic E-state index is -0.312. The average molecular weight is 317 g/mol. The molecule has 0 fully saturated rings. The third-order valence-electron chi connectivity index (χ3n) is 2.52. The average Bonchev–Trinajstić information content (AvgIpc) is 2.93. The van der Waals surface area contributed by atoms with Gasteiger partial charge in [-0.15, -0.1) is 11.3 Å². The van der Waals surface area contributed by atoms with E-state index in [1.54, 1.807) is 23.6 Å². The molecule has 2 rings (SSSR count). The molecule has 4 nitrogen and oxygen atoms in total. The van der Waals surface area contributed by atoms with E-state index < -0.39 is 0 Å². The van der Waals surface area contributed by atoms with E-state index in [0.717, 1.165) is 0 Å². The topological polar surface area (TPSA) is 73.1 Å². The predicted molar refractivity (Wildman–Crippen MR) is 82.4 cm³/mol. The van der Waals surface area contributed by atoms with E-state index in [2.05, 4.69) is 17.2 Å². The standard InChI is InChI=1S/C15H9ClN2O2S/c16-13-8-12(4-3-11(13)9-17)18-15(20)14-10(2-1-6-19)5-7-21-14/h3-5,7-8,19H,6H2,(H,18,20). The molecule has 0 atom stereocenters. The van der Waals surface area contributed by atoms with Crippen LogP contribution in [0.5, 0.6) is 0 Å². The summed E-state index contributed by atoms with van der Waals surface area (Å²) in [4.78, 5) is 12.6. The van der Waals surface area contributed by atoms with Crippen LogP contribution in [-0.4, -0.2) is 17.6 Å². The van der Waals surface area contributed by atoms with E-state index in [4.69, 9.17) is 22.0 Å². The van der Waals surface area contributed by atoms with Crippen LogP contribution >= 0.6 is 22.9 Å². The van der Waals surface area contributed by atoms with Gasteiger partial charge in [0.15, 0.2) is 0 Å². The molecule has 0 saturated heterocycles. The van der Waals surface area contributed by atoms with Gasteiger partial charge in [-0.2, -0.15) is 5.26 Å². The van der Waals surface area contributed by atoms with Gasteiger partial charge in [-0.05, 0) is 29.6 Å². The Morgan fingerprint density at radius 3 is 2.86 bits per heavy atom. The summed E-state index contributed by atoms with van der Waals surface area (Å²) in [5.74, 6) is 4.92. The number of hydrogen-bond acceptors (Lipinski definition) is 4. The van der Waals surface area contributed by atoms with Crippen LogP contribution in [0.4, 0.5) is 5.69 Å². The molecule has 21 heavy (non-hydrogen) atoms. The number of carbonyl (C=O) groups is 1. The first kappa shape index (κ1) is 15.1. The Hall–Kier alpha value is -2.31. The molecule has 104 valence electrons. The fourth-order valence-corrected chi connectivity index (χ4v) is 2.56. The van der Waals surface area contributed by atoms with Crippen LogP contribution in [0.2, 0.25) is 5.02 Å². The molecule has 0 aliphatic rings. The van der Waals surface area contributed by atoms with Crippen LogP contribution in [0.3, 0.4) is 0 Å². The third kappa shape index (κ3) is 3.62. The Labute approximate surface area is 130 Å². The van der Waals surface area contributed by atoms with Crippen molar-refractivity contribution >= 4 is 34.5 Å². The fourth-order valence-electron chi connectivity index (χ4n) is 1.59. The quantitative estimate of drug-likeness (QED) is 0.837. The fraction of sp³-hybridized carbons (Fsp3) is 0.0667. The number of halogens is 1. The number of thiophene rings is 1. The maximum absolute atomic E-state index is 12.2. The van der Waals surface area contributed by atoms with Crippen molar-refractivity contribution in [3.05, 3.63) is 50.7 Å². The van der Waals surface area contributed by atoms with Crippen LogP contribution < -0.4 is 5.32 Å². The molecular formula is C15H9ClN2O2S. The summed E-state index contributed by atoms with van der Waals surface area (Å²) >= 11 is 7.17. The molecule has 0 saturated carbocycles. The van der Waals surface area contributed by atoms with Gasteiger partial charge in [-0.25, -0.2) is 0 Å². The summed E-state index contributed by atoms with van der Waals surface area (Å²) in [5.41, 5.74) is 1.41. The van der Waals surface area contributed by atoms with E-state index >= 15 is 0 Å². The van der Waals surface area contributed by atoms with Crippen molar-refractivity contribution in [3.63, 3.8) is 0 Å². The maximum Gasteiger partial charge on any atom is 0.267 e. The Bertz CT molecular complexity index is 781. The molecule has 1 amide bonds. The molecule has 6 heteroatoms. The number of carbonyl (C=O) groups excluding carboxylic acids is 1. The summed E-state index contributed by atoms with van der Waals surface area (Å²) in [6.07, 6.45) is 0. The van der Waals surface area contributed by atoms with Gasteiger partial charge < -0.3 is 10.4 Å². The highest BCUT2D eigenvalue weighted by Gasteiger charge is 2.13. The van der Waals surface area contributed by atoms with Crippen molar-refractivity contribution in [2.75, 3.05) is 11.9 Å². The van der Waals surface area contributed by atoms with E-state index in [9.17, 15) is 4.79 Å². The molecule has 0 aliphatic heterocycles. The summed E-state index contributed by atoms with van der Waals surface area (Å²) in [6.45, 7) is -0.262. The van der Waals surface area contributed by atoms with E-state index in [1.165, 1.54) is 17.4 Å². The van der Waals surface area contributed by atoms with E-state index in [-0.39, 0.29) is 17.5 Å². The van der Waals surface area contributed by atoms with E-state index in [0.29, 0.717) is 21.7 Å². The molecule has 0 bridgehead atoms. The van der Waals surface area contributed by atoms with Crippen molar-refractivity contribution in [2.45, 2.75) is 0 Å². The lowest BCUT2D eigenvalue weighted by Gasteiger charge is -2.05. The smallest absolute Gasteiger partial charge is 0.267 e. The second-order valence-electron chi connectivity index (χ2n) is 3.88. The number of aliphatic hydroxyl groups is 1. The Morgan fingerprint density at radius 1 is 1.38 bits per heavy atom. The van der Waals surface area contributed by atoms with Gasteiger partial charge in [0, 0.05) is 11.3 Å². The van der Waals surface area contributed by atoms with Gasteiger partial charge in [0.25, 0.3) is 5.91 Å². The van der Waals surface area contributed by atoms with Crippen LogP contribution in [0.25, 0.3) is 0 Å². The van der Waals surface area contributed by atoms with Crippen LogP contribution in [0.15, 0.2) is 29.6 Å². The minimum absolute atomic E-state index is 0.262. The normalized spacial score (nSPS) is 9.38. The van der Waals surface area contributed by atoms with Gasteiger partial charge in [-0.1, -0.05) is 23.4 Å². The SMILES string of the molecule is N#Cc1ccc(NC(=O)c2sccc2C#CCO)cc1Cl. The number of benzene rings is 1. The first-order valence-corrected chi connectivity index (χ1v) is 7.09. The summed E-state index contributed by atoms with van der Waals surface area (Å²) in [6, 6.07) is 8.33. The molecule has 2 aromatic rings. The molecule has 2 N–H and O–H groups in total. The Balaban J connectivity index is 2.21. The lowest BCUT2D eigenvalue weighted by Crippen LogP contribution is -2.11. The number of hydrogen-bond donors (Lipinski definition) is 2. The number of rotatable bonds is 2. The Morgan fingerprint density at radius 2 is 2.19 bits per heavy atom. The number of nitriles is 1. The maximum atomic E-state index is 12.2. The van der Waals surface area contributed by atoms with Gasteiger partial charge in [0.1, 0.15) is 17.6 Å². The highest BCUT2D eigenvalue weighted by Crippen LogP contribution is 2.22. The highest BCUT2D eigenvalue weighted by molar-refractivity contribution is 7.12. The molecule has 1 heterocycles. The van der Waals surface area contributed by atoms with Crippen molar-refractivity contribution in [3.8, 4) is 17.9 Å². The zero-order valence-electron chi connectivity index (χ0n) is 10.7. The third-order valence-corrected chi connectivity index (χ3v) is 3.75. The number of anilines is 1. The largest absolute Gasteiger partial charge is 0.384 e. The lowest BCUT2D eigenvalue weighted by molar-refractivity contribution is 0.103. The molecule has 1 aromatic carbocycles. The lowest BCUT2D eigenvalue weighted by atomic mass is 10.2. The van der Waals surface area contributed by atoms with Gasteiger partial charge >= 0.3 is 0 Å². The van der Waals surface area contributed by atoms with Gasteiger partial charge in [0.05, 0.1) is 10.6 Å². The molecule has 0 unspecified atom stereocenters. The Kier molecular flexibility index (Phi) is 4.97. The number of aliphatic hydroxyl groups excluding tert-OH is 1. The van der Waals surface area contributed by atoms with Crippen LogP contribution in [0, 0.1) is 23.2 Å². The molecule has 0 aliphatic carbocycles. The second-order valence-corrected chi connectivity index (χ2v) is 5.21. The summed E-state index contributed by atoms with van der Waals surface area (Å²) < 4.78 is 0. The van der Waals surface area contributed by atoms with Crippen LogP contribution in [-0.2, 0) is 0 Å². The minimum Gasteiger partial charge on any atom is -0.384 e. The van der Waals surface area contributed by atoms with Crippen molar-refractivity contribution in [2.24, 2.45) is 0 Å². The zero-order valence-corrected chi connectivity index (χ0v) is 12.3. The highest BCUT2D eigenvalue weighted by atomic mass is 35.5. The molecule has 1 aromatic heterocycles. The van der Waals surface area contributed by atoms with Crippen molar-refractivity contribution < 1.29 is 9.90 Å². The summed E-state index contributed by atoms with van der Waals surface area (Å²) in [5, 5.41) is 22.2. The molecule has 0 spiro atoms. The van der Waals surface area contributed by atoms with Gasteiger partial charge in [-0.3, -0.25) is 4.79 Å². The predicted octanol–water partition coefficient (Wildman–Crippen LogP) is 2.87. The second kappa shape index (κ2) is 6.92. The van der Waals surface area contributed by atoms with Crippen molar-refractivity contribution in [1.29, 1.82) is 5.26 Å². The first-order valence-electron chi connectivity index (χ1n) is 5.84. The zero-order chi connectivity index (χ0) is 15.2. The van der Waals surface area contributed by atoms with E-state index in [1.807, 2.05) is 6.07 Å².